The molecule has 2 rings (SSSR count). The van der Waals surface area contributed by atoms with E-state index in [9.17, 15) is 4.79 Å². The Morgan fingerprint density at radius 1 is 1.19 bits per heavy atom. The van der Waals surface area contributed by atoms with Gasteiger partial charge in [0.25, 0.3) is 5.91 Å². The fourth-order valence-electron chi connectivity index (χ4n) is 2.14. The molecule has 4 nitrogen and oxygen atoms in total. The van der Waals surface area contributed by atoms with Gasteiger partial charge in [-0.1, -0.05) is 6.07 Å². The molecule has 0 fully saturated rings. The van der Waals surface area contributed by atoms with Gasteiger partial charge in [0, 0.05) is 43.8 Å². The first-order valence-corrected chi connectivity index (χ1v) is 6.98. The highest BCUT2D eigenvalue weighted by atomic mass is 16.2. The highest BCUT2D eigenvalue weighted by Gasteiger charge is 2.12. The Labute approximate surface area is 125 Å². The summed E-state index contributed by atoms with van der Waals surface area (Å²) in [7, 11) is 3.52. The maximum atomic E-state index is 12.1. The van der Waals surface area contributed by atoms with Crippen molar-refractivity contribution < 1.29 is 4.79 Å². The fourth-order valence-corrected chi connectivity index (χ4v) is 2.14. The van der Waals surface area contributed by atoms with Crippen molar-refractivity contribution in [3.05, 3.63) is 59.4 Å². The van der Waals surface area contributed by atoms with Crippen LogP contribution in [-0.4, -0.2) is 29.9 Å². The molecule has 0 saturated heterocycles. The molecular formula is C17H21N3O. The second-order valence-corrected chi connectivity index (χ2v) is 5.38. The average molecular weight is 283 g/mol. The van der Waals surface area contributed by atoms with Gasteiger partial charge in [-0.3, -0.25) is 9.78 Å². The molecule has 0 aliphatic heterocycles. The van der Waals surface area contributed by atoms with E-state index in [2.05, 4.69) is 17.2 Å². The van der Waals surface area contributed by atoms with Crippen LogP contribution in [0.2, 0.25) is 0 Å². The number of aromatic nitrogens is 1. The Bertz CT molecular complexity index is 623. The SMILES string of the molecule is Cc1ccc(C(=O)N(C)C)cc1NC(C)c1ccncc1. The number of aryl methyl sites for hydroxylation is 1. The Morgan fingerprint density at radius 3 is 2.48 bits per heavy atom. The maximum Gasteiger partial charge on any atom is 0.253 e. The van der Waals surface area contributed by atoms with Crippen LogP contribution in [0.25, 0.3) is 0 Å². The first kappa shape index (κ1) is 15.0. The standard InChI is InChI=1S/C17H21N3O/c1-12-5-6-15(17(21)20(3)4)11-16(12)19-13(2)14-7-9-18-10-8-14/h5-11,13,19H,1-4H3. The van der Waals surface area contributed by atoms with Crippen LogP contribution < -0.4 is 5.32 Å². The Hall–Kier alpha value is -2.36. The van der Waals surface area contributed by atoms with Crippen LogP contribution >= 0.6 is 0 Å². The van der Waals surface area contributed by atoms with Gasteiger partial charge < -0.3 is 10.2 Å². The lowest BCUT2D eigenvalue weighted by atomic mass is 10.1. The minimum absolute atomic E-state index is 0.00890. The van der Waals surface area contributed by atoms with Gasteiger partial charge in [0.2, 0.25) is 0 Å². The number of pyridine rings is 1. The highest BCUT2D eigenvalue weighted by molar-refractivity contribution is 5.95. The number of rotatable bonds is 4. The third-order valence-corrected chi connectivity index (χ3v) is 3.47. The molecule has 0 spiro atoms. The Kier molecular flexibility index (Phi) is 4.58. The molecule has 0 aliphatic carbocycles. The number of hydrogen-bond acceptors (Lipinski definition) is 3. The van der Waals surface area contributed by atoms with E-state index >= 15 is 0 Å². The van der Waals surface area contributed by atoms with E-state index in [4.69, 9.17) is 0 Å². The second kappa shape index (κ2) is 6.39. The minimum atomic E-state index is 0.00890. The van der Waals surface area contributed by atoms with E-state index in [0.29, 0.717) is 5.56 Å². The number of amides is 1. The molecule has 1 aromatic heterocycles. The lowest BCUT2D eigenvalue weighted by molar-refractivity contribution is 0.0827. The lowest BCUT2D eigenvalue weighted by Crippen LogP contribution is -2.21. The summed E-state index contributed by atoms with van der Waals surface area (Å²) >= 11 is 0. The predicted octanol–water partition coefficient (Wildman–Crippen LogP) is 3.26. The molecule has 1 aromatic carbocycles. The molecule has 0 aliphatic rings. The highest BCUT2D eigenvalue weighted by Crippen LogP contribution is 2.23. The first-order valence-electron chi connectivity index (χ1n) is 6.98. The number of nitrogens with zero attached hydrogens (tertiary/aromatic N) is 2. The van der Waals surface area contributed by atoms with Gasteiger partial charge in [0.1, 0.15) is 0 Å². The van der Waals surface area contributed by atoms with E-state index in [1.807, 2.05) is 37.3 Å². The molecule has 1 N–H and O–H groups in total. The maximum absolute atomic E-state index is 12.1. The molecule has 110 valence electrons. The van der Waals surface area contributed by atoms with Gasteiger partial charge in [-0.05, 0) is 49.2 Å². The number of benzene rings is 1. The van der Waals surface area contributed by atoms with Gasteiger partial charge >= 0.3 is 0 Å². The predicted molar refractivity (Wildman–Crippen MR) is 85.5 cm³/mol. The Morgan fingerprint density at radius 2 is 1.86 bits per heavy atom. The van der Waals surface area contributed by atoms with Crippen molar-refractivity contribution in [2.24, 2.45) is 0 Å². The quantitative estimate of drug-likeness (QED) is 0.936. The molecule has 1 heterocycles. The summed E-state index contributed by atoms with van der Waals surface area (Å²) in [5, 5.41) is 3.46. The number of carbonyl (C=O) groups is 1. The van der Waals surface area contributed by atoms with E-state index in [0.717, 1.165) is 16.8 Å². The Balaban J connectivity index is 2.23. The average Bonchev–Trinajstić information content (AvgIpc) is 2.49. The molecule has 1 unspecified atom stereocenters. The first-order chi connectivity index (χ1) is 9.99. The number of nitrogens with one attached hydrogen (secondary N) is 1. The van der Waals surface area contributed by atoms with Crippen molar-refractivity contribution in [1.82, 2.24) is 9.88 Å². The fraction of sp³-hybridized carbons (Fsp3) is 0.294. The van der Waals surface area contributed by atoms with Crippen LogP contribution in [0, 0.1) is 6.92 Å². The topological polar surface area (TPSA) is 45.2 Å². The monoisotopic (exact) mass is 283 g/mol. The molecule has 2 aromatic rings. The van der Waals surface area contributed by atoms with E-state index < -0.39 is 0 Å². The van der Waals surface area contributed by atoms with Crippen molar-refractivity contribution in [2.75, 3.05) is 19.4 Å². The van der Waals surface area contributed by atoms with Gasteiger partial charge in [-0.25, -0.2) is 0 Å². The zero-order valence-electron chi connectivity index (χ0n) is 12.9. The second-order valence-electron chi connectivity index (χ2n) is 5.38. The molecule has 1 amide bonds. The van der Waals surface area contributed by atoms with Gasteiger partial charge in [-0.15, -0.1) is 0 Å². The van der Waals surface area contributed by atoms with Crippen molar-refractivity contribution >= 4 is 11.6 Å². The third kappa shape index (κ3) is 3.60. The summed E-state index contributed by atoms with van der Waals surface area (Å²) in [6.07, 6.45) is 3.57. The van der Waals surface area contributed by atoms with Crippen LogP contribution in [0.3, 0.4) is 0 Å². The van der Waals surface area contributed by atoms with Crippen LogP contribution in [-0.2, 0) is 0 Å². The van der Waals surface area contributed by atoms with Crippen LogP contribution in [0.4, 0.5) is 5.69 Å². The van der Waals surface area contributed by atoms with Crippen molar-refractivity contribution in [3.63, 3.8) is 0 Å². The van der Waals surface area contributed by atoms with Gasteiger partial charge in [0.05, 0.1) is 0 Å². The van der Waals surface area contributed by atoms with Crippen molar-refractivity contribution in [3.8, 4) is 0 Å². The smallest absolute Gasteiger partial charge is 0.253 e. The number of carbonyl (C=O) groups excluding carboxylic acids is 1. The molecule has 0 radical (unpaired) electrons. The molecule has 4 heteroatoms. The summed E-state index contributed by atoms with van der Waals surface area (Å²) in [6.45, 7) is 4.13. The summed E-state index contributed by atoms with van der Waals surface area (Å²) in [4.78, 5) is 17.7. The van der Waals surface area contributed by atoms with E-state index in [-0.39, 0.29) is 11.9 Å². The third-order valence-electron chi connectivity index (χ3n) is 3.47. The molecule has 0 saturated carbocycles. The van der Waals surface area contributed by atoms with Crippen molar-refractivity contribution in [1.29, 1.82) is 0 Å². The zero-order valence-corrected chi connectivity index (χ0v) is 12.9. The zero-order chi connectivity index (χ0) is 15.4. The van der Waals surface area contributed by atoms with Crippen LogP contribution in [0.1, 0.15) is 34.5 Å². The van der Waals surface area contributed by atoms with Gasteiger partial charge in [0.15, 0.2) is 0 Å². The van der Waals surface area contributed by atoms with E-state index in [1.165, 1.54) is 0 Å². The molecule has 0 bridgehead atoms. The largest absolute Gasteiger partial charge is 0.378 e. The summed E-state index contributed by atoms with van der Waals surface area (Å²) in [5.41, 5.74) is 3.95. The molecule has 21 heavy (non-hydrogen) atoms. The minimum Gasteiger partial charge on any atom is -0.378 e. The summed E-state index contributed by atoms with van der Waals surface area (Å²) < 4.78 is 0. The summed E-state index contributed by atoms with van der Waals surface area (Å²) in [6, 6.07) is 9.87. The van der Waals surface area contributed by atoms with E-state index in [1.54, 1.807) is 31.4 Å². The van der Waals surface area contributed by atoms with Crippen LogP contribution in [0.15, 0.2) is 42.7 Å². The van der Waals surface area contributed by atoms with Crippen molar-refractivity contribution in [2.45, 2.75) is 19.9 Å². The summed E-state index contributed by atoms with van der Waals surface area (Å²) in [5.74, 6) is 0.00890. The molecular weight excluding hydrogens is 262 g/mol. The normalized spacial score (nSPS) is 11.8. The van der Waals surface area contributed by atoms with Gasteiger partial charge in [-0.2, -0.15) is 0 Å². The molecule has 1 atom stereocenters. The van der Waals surface area contributed by atoms with Crippen LogP contribution in [0.5, 0.6) is 0 Å². The number of anilines is 1. The number of hydrogen-bond donors (Lipinski definition) is 1. The lowest BCUT2D eigenvalue weighted by Gasteiger charge is -2.19.